The summed E-state index contributed by atoms with van der Waals surface area (Å²) in [6.07, 6.45) is 10.8. The number of hydrogen-bond donors (Lipinski definition) is 1. The molecule has 4 aromatic heterocycles. The number of aromatic nitrogens is 6. The van der Waals surface area contributed by atoms with Crippen molar-refractivity contribution in [1.82, 2.24) is 29.1 Å². The Bertz CT molecular complexity index is 1530. The molecule has 0 bridgehead atoms. The molecule has 0 aromatic carbocycles. The van der Waals surface area contributed by atoms with Crippen molar-refractivity contribution in [3.63, 3.8) is 0 Å². The first kappa shape index (κ1) is 22.5. The number of nitrogens with zero attached hydrogens (tertiary/aromatic N) is 6. The number of carbonyl (C=O) groups is 1. The van der Waals surface area contributed by atoms with Crippen LogP contribution in [0.15, 0.2) is 52.4 Å². The number of imidazole rings is 1. The van der Waals surface area contributed by atoms with Crippen molar-refractivity contribution in [2.24, 2.45) is 0 Å². The summed E-state index contributed by atoms with van der Waals surface area (Å²) in [6, 6.07) is 6.98. The van der Waals surface area contributed by atoms with E-state index in [1.165, 1.54) is 15.7 Å². The molecule has 0 aliphatic heterocycles. The molecule has 0 atom stereocenters. The van der Waals surface area contributed by atoms with E-state index in [0.717, 1.165) is 24.8 Å². The Labute approximate surface area is 200 Å². The number of H-pyrrole nitrogens is 1. The van der Waals surface area contributed by atoms with Crippen LogP contribution in [0, 0.1) is 0 Å². The molecule has 1 saturated carbocycles. The Kier molecular flexibility index (Phi) is 5.86. The first-order valence-corrected chi connectivity index (χ1v) is 11.5. The molecule has 1 amide bonds. The molecule has 0 unspecified atom stereocenters. The summed E-state index contributed by atoms with van der Waals surface area (Å²) in [6.45, 7) is 2.48. The first-order chi connectivity index (χ1) is 17.0. The predicted octanol–water partition coefficient (Wildman–Crippen LogP) is 2.87. The third-order valence-corrected chi connectivity index (χ3v) is 5.95. The summed E-state index contributed by atoms with van der Waals surface area (Å²) in [5.74, 6) is 0.776. The zero-order valence-corrected chi connectivity index (χ0v) is 19.5. The monoisotopic (exact) mass is 471 g/mol. The van der Waals surface area contributed by atoms with Gasteiger partial charge in [-0.25, -0.2) is 14.8 Å². The van der Waals surface area contributed by atoms with Crippen LogP contribution in [0.5, 0.6) is 0 Å². The standard InChI is InChI=1S/C25H25N7O3/c1-3-13-31-22-21(24(34)32(25(31)35)18-8-9-18)28-19(29-22)10-6-16-7-11-20(27-14-16)30(2)23(33)17-5-4-12-26-15-17/h4-7,10-12,14-15,18H,3,8-9,13H2,1-2H3,(H,28,29). The summed E-state index contributed by atoms with van der Waals surface area (Å²) in [5, 5.41) is 0. The van der Waals surface area contributed by atoms with Crippen LogP contribution < -0.4 is 16.1 Å². The highest BCUT2D eigenvalue weighted by atomic mass is 16.2. The summed E-state index contributed by atoms with van der Waals surface area (Å²) in [5.41, 5.74) is 1.37. The largest absolute Gasteiger partial charge is 0.333 e. The average Bonchev–Trinajstić information content (AvgIpc) is 3.63. The van der Waals surface area contributed by atoms with Crippen molar-refractivity contribution >= 4 is 35.0 Å². The fourth-order valence-electron chi connectivity index (χ4n) is 3.97. The molecular formula is C25H25N7O3. The predicted molar refractivity (Wildman–Crippen MR) is 133 cm³/mol. The lowest BCUT2D eigenvalue weighted by Crippen LogP contribution is -2.39. The number of nitrogens with one attached hydrogen (secondary N) is 1. The Morgan fingerprint density at radius 2 is 2.03 bits per heavy atom. The van der Waals surface area contributed by atoms with E-state index in [1.54, 1.807) is 54.4 Å². The quantitative estimate of drug-likeness (QED) is 0.443. The number of aromatic amines is 1. The topological polar surface area (TPSA) is 119 Å². The Morgan fingerprint density at radius 3 is 2.69 bits per heavy atom. The summed E-state index contributed by atoms with van der Waals surface area (Å²) in [4.78, 5) is 55.9. The van der Waals surface area contributed by atoms with Gasteiger partial charge >= 0.3 is 5.69 Å². The van der Waals surface area contributed by atoms with Crippen LogP contribution in [0.3, 0.4) is 0 Å². The van der Waals surface area contributed by atoms with Crippen LogP contribution in [0.2, 0.25) is 0 Å². The minimum atomic E-state index is -0.320. The van der Waals surface area contributed by atoms with Gasteiger partial charge in [0.15, 0.2) is 5.65 Å². The molecule has 178 valence electrons. The zero-order valence-electron chi connectivity index (χ0n) is 19.5. The van der Waals surface area contributed by atoms with Crippen LogP contribution in [0.25, 0.3) is 23.3 Å². The lowest BCUT2D eigenvalue weighted by Gasteiger charge is -2.16. The molecule has 1 aliphatic rings. The van der Waals surface area contributed by atoms with Gasteiger partial charge in [0.05, 0.1) is 5.56 Å². The van der Waals surface area contributed by atoms with Crippen LogP contribution in [-0.4, -0.2) is 42.0 Å². The molecule has 10 nitrogen and oxygen atoms in total. The molecule has 10 heteroatoms. The molecule has 4 heterocycles. The number of carbonyl (C=O) groups excluding carboxylic acids is 1. The number of hydrogen-bond acceptors (Lipinski definition) is 6. The van der Waals surface area contributed by atoms with Gasteiger partial charge in [-0.05, 0) is 61.2 Å². The van der Waals surface area contributed by atoms with E-state index in [1.807, 2.05) is 13.0 Å². The van der Waals surface area contributed by atoms with E-state index in [-0.39, 0.29) is 23.2 Å². The third kappa shape index (κ3) is 4.30. The van der Waals surface area contributed by atoms with Crippen molar-refractivity contribution in [1.29, 1.82) is 0 Å². The van der Waals surface area contributed by atoms with E-state index in [9.17, 15) is 14.4 Å². The second-order valence-electron chi connectivity index (χ2n) is 8.55. The smallest absolute Gasteiger partial charge is 0.333 e. The average molecular weight is 472 g/mol. The van der Waals surface area contributed by atoms with E-state index in [2.05, 4.69) is 19.9 Å². The maximum Gasteiger partial charge on any atom is 0.333 e. The number of rotatable bonds is 7. The van der Waals surface area contributed by atoms with Gasteiger partial charge in [-0.15, -0.1) is 0 Å². The molecule has 5 rings (SSSR count). The van der Waals surface area contributed by atoms with E-state index >= 15 is 0 Å². The molecule has 0 saturated heterocycles. The third-order valence-electron chi connectivity index (χ3n) is 5.95. The van der Waals surface area contributed by atoms with Crippen molar-refractivity contribution in [2.75, 3.05) is 11.9 Å². The number of fused-ring (bicyclic) bond motifs is 1. The molecule has 0 spiro atoms. The number of anilines is 1. The SMILES string of the molecule is CCCn1c(=O)n(C2CC2)c(=O)c2[nH]c(C=Cc3ccc(N(C)C(=O)c4cccnc4)nc3)nc21. The fraction of sp³-hybridized carbons (Fsp3) is 0.280. The summed E-state index contributed by atoms with van der Waals surface area (Å²) < 4.78 is 2.93. The highest BCUT2D eigenvalue weighted by molar-refractivity contribution is 6.04. The van der Waals surface area contributed by atoms with Crippen LogP contribution in [0.1, 0.15) is 54.0 Å². The molecule has 0 radical (unpaired) electrons. The first-order valence-electron chi connectivity index (χ1n) is 11.5. The van der Waals surface area contributed by atoms with Gasteiger partial charge < -0.3 is 4.98 Å². The minimum absolute atomic E-state index is 0.0162. The zero-order chi connectivity index (χ0) is 24.5. The van der Waals surface area contributed by atoms with Crippen molar-refractivity contribution in [2.45, 2.75) is 38.8 Å². The summed E-state index contributed by atoms with van der Waals surface area (Å²) >= 11 is 0. The second-order valence-corrected chi connectivity index (χ2v) is 8.55. The van der Waals surface area contributed by atoms with Gasteiger partial charge in [0, 0.05) is 38.2 Å². The van der Waals surface area contributed by atoms with Gasteiger partial charge in [0.25, 0.3) is 11.5 Å². The molecule has 4 aromatic rings. The van der Waals surface area contributed by atoms with Gasteiger partial charge in [-0.2, -0.15) is 0 Å². The van der Waals surface area contributed by atoms with Gasteiger partial charge in [-0.1, -0.05) is 6.92 Å². The Balaban J connectivity index is 1.40. The van der Waals surface area contributed by atoms with Gasteiger partial charge in [0.1, 0.15) is 17.2 Å². The molecule has 1 N–H and O–H groups in total. The van der Waals surface area contributed by atoms with Crippen LogP contribution >= 0.6 is 0 Å². The maximum absolute atomic E-state index is 12.9. The number of pyridine rings is 2. The molecule has 1 fully saturated rings. The maximum atomic E-state index is 12.9. The Morgan fingerprint density at radius 1 is 1.20 bits per heavy atom. The highest BCUT2D eigenvalue weighted by Crippen LogP contribution is 2.32. The molecule has 35 heavy (non-hydrogen) atoms. The van der Waals surface area contributed by atoms with Crippen molar-refractivity contribution in [3.8, 4) is 0 Å². The van der Waals surface area contributed by atoms with E-state index in [4.69, 9.17) is 0 Å². The number of amides is 1. The van der Waals surface area contributed by atoms with Crippen molar-refractivity contribution in [3.05, 3.63) is 80.6 Å². The van der Waals surface area contributed by atoms with Crippen LogP contribution in [-0.2, 0) is 6.54 Å². The lowest BCUT2D eigenvalue weighted by atomic mass is 10.2. The van der Waals surface area contributed by atoms with E-state index in [0.29, 0.717) is 34.9 Å². The van der Waals surface area contributed by atoms with Gasteiger partial charge in [-0.3, -0.25) is 28.6 Å². The normalized spacial score (nSPS) is 13.5. The highest BCUT2D eigenvalue weighted by Gasteiger charge is 2.29. The summed E-state index contributed by atoms with van der Waals surface area (Å²) in [7, 11) is 1.66. The van der Waals surface area contributed by atoms with Crippen LogP contribution in [0.4, 0.5) is 5.82 Å². The number of aryl methyl sites for hydroxylation is 1. The second kappa shape index (κ2) is 9.13. The van der Waals surface area contributed by atoms with E-state index < -0.39 is 0 Å². The Hall–Kier alpha value is -4.34. The minimum Gasteiger partial charge on any atom is -0.333 e. The lowest BCUT2D eigenvalue weighted by molar-refractivity contribution is 0.0992. The van der Waals surface area contributed by atoms with Crippen molar-refractivity contribution < 1.29 is 4.79 Å². The molecular weight excluding hydrogens is 446 g/mol. The van der Waals surface area contributed by atoms with Gasteiger partial charge in [0.2, 0.25) is 0 Å². The molecule has 1 aliphatic carbocycles. The fourth-order valence-corrected chi connectivity index (χ4v) is 3.97.